The molecular formula is C60H97N5O9S8Si2. The Kier molecular flexibility index (Phi) is 33.1. The van der Waals surface area contributed by atoms with E-state index in [0.717, 1.165) is 142 Å². The number of hydrogen-bond acceptors (Lipinski definition) is 21. The van der Waals surface area contributed by atoms with E-state index in [1.54, 1.807) is 6.33 Å². The number of rotatable bonds is 44. The lowest BCUT2D eigenvalue weighted by atomic mass is 10.1. The molecule has 14 nitrogen and oxygen atoms in total. The van der Waals surface area contributed by atoms with E-state index in [4.69, 9.17) is 47.1 Å². The average Bonchev–Trinajstić information content (AvgIpc) is 2.58. The fraction of sp³-hybridized carbons (Fsp3) is 0.717. The van der Waals surface area contributed by atoms with E-state index in [9.17, 15) is 0 Å². The van der Waals surface area contributed by atoms with Crippen LogP contribution < -0.4 is 5.73 Å². The molecule has 0 saturated carbocycles. The fourth-order valence-electron chi connectivity index (χ4n) is 10.7. The normalized spacial score (nSPS) is 19.5. The molecular weight excluding hydrogens is 1250 g/mol. The Labute approximate surface area is 540 Å². The minimum absolute atomic E-state index is 0.0954. The van der Waals surface area contributed by atoms with Gasteiger partial charge < -0.3 is 47.1 Å². The van der Waals surface area contributed by atoms with Crippen LogP contribution in [-0.4, -0.2) is 122 Å². The molecule has 7 heterocycles. The van der Waals surface area contributed by atoms with Gasteiger partial charge in [-0.25, -0.2) is 15.0 Å². The van der Waals surface area contributed by atoms with E-state index in [-0.39, 0.29) is 18.4 Å². The molecule has 2 aromatic rings. The largest absolute Gasteiger partial charge is 0.394 e. The molecule has 0 amide bonds. The van der Waals surface area contributed by atoms with Gasteiger partial charge in [0.1, 0.15) is 24.2 Å². The quantitative estimate of drug-likeness (QED) is 0.0494. The van der Waals surface area contributed by atoms with E-state index >= 15 is 0 Å². The van der Waals surface area contributed by atoms with E-state index in [0.29, 0.717) is 78.6 Å². The first-order valence-electron chi connectivity index (χ1n) is 30.9. The average molecular weight is 1350 g/mol. The van der Waals surface area contributed by atoms with Gasteiger partial charge in [0.15, 0.2) is 11.5 Å². The summed E-state index contributed by atoms with van der Waals surface area (Å²) in [5.41, 5.74) is 8.91. The predicted octanol–water partition coefficient (Wildman–Crippen LogP) is 18.8. The maximum Gasteiger partial charge on any atom is 0.343 e. The third-order valence-electron chi connectivity index (χ3n) is 15.3. The smallest absolute Gasteiger partial charge is 0.343 e. The monoisotopic (exact) mass is 1340 g/mol. The van der Waals surface area contributed by atoms with Crippen molar-refractivity contribution in [2.45, 2.75) is 205 Å². The highest BCUT2D eigenvalue weighted by Gasteiger charge is 2.47. The zero-order valence-corrected chi connectivity index (χ0v) is 59.8. The summed E-state index contributed by atoms with van der Waals surface area (Å²) in [5, 5.41) is 13.2. The van der Waals surface area contributed by atoms with Crippen molar-refractivity contribution in [2.75, 3.05) is 78.4 Å². The molecule has 24 heteroatoms. The molecule has 0 bridgehead atoms. The molecule has 0 spiro atoms. The number of ether oxygens (including phenoxy) is 5. The van der Waals surface area contributed by atoms with Crippen molar-refractivity contribution in [1.29, 1.82) is 0 Å². The molecule has 1 fully saturated rings. The minimum atomic E-state index is -2.40. The summed E-state index contributed by atoms with van der Waals surface area (Å²) in [6.45, 7) is 26.1. The van der Waals surface area contributed by atoms with Crippen LogP contribution >= 0.6 is 94.1 Å². The SMILES string of the molecule is CC(C)[Si](OCCCCCCOCCCCCCOC[C@H]1O[C@@H](n2cnc3c(N)ncnc32)C[C@@H]1OCCCCCCOCCCCCCO[Si](OCC1=CSC(=C2SC=CS2)S1)(C(C)C)C(C)C)(OCC1=CSC(=C2SC=CS2)S1)C(C)C. The molecule has 5 aliphatic heterocycles. The summed E-state index contributed by atoms with van der Waals surface area (Å²) >= 11 is 14.6. The maximum absolute atomic E-state index is 6.79. The number of imidazole rings is 1. The van der Waals surface area contributed by atoms with Gasteiger partial charge in [-0.15, -0.1) is 0 Å². The maximum atomic E-state index is 6.79. The molecule has 2 N–H and O–H groups in total. The van der Waals surface area contributed by atoms with Crippen LogP contribution in [0.2, 0.25) is 22.2 Å². The highest BCUT2D eigenvalue weighted by Crippen LogP contribution is 2.55. The zero-order chi connectivity index (χ0) is 59.4. The first-order valence-corrected chi connectivity index (χ1v) is 41.8. The number of aromatic nitrogens is 4. The summed E-state index contributed by atoms with van der Waals surface area (Å²) in [4.78, 5) is 15.7. The Morgan fingerprint density at radius 2 is 0.940 bits per heavy atom. The molecule has 0 unspecified atom stereocenters. The molecule has 0 aliphatic carbocycles. The Bertz CT molecular complexity index is 2430. The number of unbranched alkanes of at least 4 members (excludes halogenated alkanes) is 12. The summed E-state index contributed by atoms with van der Waals surface area (Å²) in [7, 11) is -4.79. The number of nitrogens with zero attached hydrogens (tertiary/aromatic N) is 4. The minimum Gasteiger partial charge on any atom is -0.394 e. The van der Waals surface area contributed by atoms with Gasteiger partial charge in [0.05, 0.1) is 49.2 Å². The number of thioether (sulfide) groups is 8. The van der Waals surface area contributed by atoms with Crippen LogP contribution in [0.3, 0.4) is 0 Å². The molecule has 1 saturated heterocycles. The summed E-state index contributed by atoms with van der Waals surface area (Å²) in [6, 6.07) is 0. The number of nitrogens with two attached hydrogens (primary N) is 1. The lowest BCUT2D eigenvalue weighted by Gasteiger charge is -2.37. The van der Waals surface area contributed by atoms with Gasteiger partial charge in [-0.3, -0.25) is 4.57 Å². The van der Waals surface area contributed by atoms with Crippen LogP contribution in [0, 0.1) is 0 Å². The van der Waals surface area contributed by atoms with Crippen molar-refractivity contribution < 1.29 is 41.4 Å². The van der Waals surface area contributed by atoms with Crippen LogP contribution in [0.5, 0.6) is 0 Å². The van der Waals surface area contributed by atoms with Gasteiger partial charge in [-0.05, 0) is 106 Å². The second-order valence-electron chi connectivity index (χ2n) is 22.9. The van der Waals surface area contributed by atoms with Gasteiger partial charge in [0, 0.05) is 69.1 Å². The Hall–Kier alpha value is -0.336. The lowest BCUT2D eigenvalue weighted by molar-refractivity contribution is -0.0765. The molecule has 472 valence electrons. The van der Waals surface area contributed by atoms with Crippen LogP contribution in [0.25, 0.3) is 11.2 Å². The van der Waals surface area contributed by atoms with Crippen molar-refractivity contribution >= 4 is 128 Å². The van der Waals surface area contributed by atoms with Gasteiger partial charge in [-0.2, -0.15) is 0 Å². The van der Waals surface area contributed by atoms with Crippen molar-refractivity contribution in [2.24, 2.45) is 0 Å². The topological polar surface area (TPSA) is 153 Å². The van der Waals surface area contributed by atoms with E-state index < -0.39 is 17.1 Å². The zero-order valence-electron chi connectivity index (χ0n) is 51.3. The second kappa shape index (κ2) is 39.2. The number of hydrogen-bond donors (Lipinski definition) is 1. The third-order valence-corrected chi connectivity index (χ3v) is 34.3. The molecule has 5 aliphatic rings. The van der Waals surface area contributed by atoms with Gasteiger partial charge in [-0.1, -0.05) is 201 Å². The molecule has 3 atom stereocenters. The Morgan fingerprint density at radius 3 is 1.39 bits per heavy atom. The van der Waals surface area contributed by atoms with Crippen molar-refractivity contribution in [3.63, 3.8) is 0 Å². The highest BCUT2D eigenvalue weighted by molar-refractivity contribution is 8.34. The van der Waals surface area contributed by atoms with Gasteiger partial charge in [0.25, 0.3) is 0 Å². The fourth-order valence-corrected chi connectivity index (χ4v) is 26.9. The van der Waals surface area contributed by atoms with Crippen LogP contribution in [-0.2, 0) is 41.4 Å². The standard InChI is InChI=1S/C60H97N5O9S8Si2/c1-45(2)83(46(3)4,72-38-49-41-79-59(81-49)57-75-33-34-76-57)70-31-23-15-12-19-27-66-25-17-9-10-21-29-68-40-52-51(37-53(74-52)65-44-64-54-55(61)62-43-63-56(54)65)69-30-22-14-11-18-26-67-28-20-13-16-24-32-71-84(47(5)6,48(7)8)73-39-50-42-80-60(82-50)58-77-35-36-78-58/h33-36,41-48,51-53H,9-32,37-40H2,1-8H3,(H2,61,62,63)/t51-,52+,53+/m0/s1. The first kappa shape index (κ1) is 71.1. The summed E-state index contributed by atoms with van der Waals surface area (Å²) in [6.07, 6.45) is 20.8. The second-order valence-corrected chi connectivity index (χ2v) is 40.3. The number of anilines is 1. The first-order chi connectivity index (χ1) is 40.9. The van der Waals surface area contributed by atoms with Crippen molar-refractivity contribution in [3.8, 4) is 0 Å². The lowest BCUT2D eigenvalue weighted by Crippen LogP contribution is -2.48. The third kappa shape index (κ3) is 22.5. The number of nitrogen functional groups attached to an aromatic ring is 1. The molecule has 84 heavy (non-hydrogen) atoms. The van der Waals surface area contributed by atoms with E-state index in [1.807, 2.05) is 98.7 Å². The Morgan fingerprint density at radius 1 is 0.512 bits per heavy atom. The molecule has 2 aromatic heterocycles. The van der Waals surface area contributed by atoms with Crippen LogP contribution in [0.4, 0.5) is 5.82 Å². The number of fused-ring (bicyclic) bond motifs is 1. The summed E-state index contributed by atoms with van der Waals surface area (Å²) < 4.78 is 66.0. The molecule has 0 radical (unpaired) electrons. The Balaban J connectivity index is 0.684. The van der Waals surface area contributed by atoms with Gasteiger partial charge >= 0.3 is 17.1 Å². The van der Waals surface area contributed by atoms with Crippen LogP contribution in [0.1, 0.15) is 171 Å². The molecule has 7 rings (SSSR count). The van der Waals surface area contributed by atoms with E-state index in [1.165, 1.54) is 33.1 Å². The predicted molar refractivity (Wildman–Crippen MR) is 369 cm³/mol. The van der Waals surface area contributed by atoms with Crippen LogP contribution in [0.15, 0.2) is 71.9 Å². The highest BCUT2D eigenvalue weighted by atomic mass is 32.2. The van der Waals surface area contributed by atoms with E-state index in [2.05, 4.69) is 103 Å². The van der Waals surface area contributed by atoms with Crippen molar-refractivity contribution in [3.05, 3.63) is 71.9 Å². The van der Waals surface area contributed by atoms with Gasteiger partial charge in [0.2, 0.25) is 0 Å². The van der Waals surface area contributed by atoms with Crippen molar-refractivity contribution in [1.82, 2.24) is 19.5 Å². The molecule has 0 aromatic carbocycles. The summed E-state index contributed by atoms with van der Waals surface area (Å²) in [5.74, 6) is 0.362.